The Hall–Kier alpha value is -2.26. The molecule has 1 atom stereocenters. The molecule has 0 aliphatic carbocycles. The molecule has 6 rings (SSSR count). The van der Waals surface area contributed by atoms with Gasteiger partial charge in [0.05, 0.1) is 22.9 Å². The highest BCUT2D eigenvalue weighted by molar-refractivity contribution is 8.14. The smallest absolute Gasteiger partial charge is 0.128 e. The van der Waals surface area contributed by atoms with Gasteiger partial charge in [-0.2, -0.15) is 0 Å². The minimum atomic E-state index is 0.369. The maximum Gasteiger partial charge on any atom is 0.128 e. The molecule has 0 radical (unpaired) electrons. The van der Waals surface area contributed by atoms with Crippen LogP contribution in [0.1, 0.15) is 25.0 Å². The number of thioether (sulfide) groups is 1. The first-order valence-corrected chi connectivity index (χ1v) is 14.3. The fourth-order valence-electron chi connectivity index (χ4n) is 5.28. The van der Waals surface area contributed by atoms with Crippen LogP contribution in [-0.4, -0.2) is 83.7 Å². The van der Waals surface area contributed by atoms with Crippen molar-refractivity contribution >= 4 is 50.8 Å². The average Bonchev–Trinajstić information content (AvgIpc) is 3.56. The van der Waals surface area contributed by atoms with E-state index in [1.165, 1.54) is 0 Å². The van der Waals surface area contributed by atoms with Gasteiger partial charge in [-0.05, 0) is 49.6 Å². The van der Waals surface area contributed by atoms with Gasteiger partial charge in [-0.25, -0.2) is 4.98 Å². The van der Waals surface area contributed by atoms with Gasteiger partial charge < -0.3 is 19.9 Å². The number of ether oxygens (including phenoxy) is 1. The van der Waals surface area contributed by atoms with Crippen LogP contribution >= 0.6 is 23.4 Å². The van der Waals surface area contributed by atoms with Crippen LogP contribution in [-0.2, 0) is 4.74 Å². The van der Waals surface area contributed by atoms with Crippen LogP contribution in [0.3, 0.4) is 0 Å². The van der Waals surface area contributed by atoms with Crippen LogP contribution < -0.4 is 10.2 Å². The van der Waals surface area contributed by atoms with Crippen LogP contribution in [0.5, 0.6) is 0 Å². The number of benzene rings is 1. The van der Waals surface area contributed by atoms with E-state index in [1.807, 2.05) is 36.2 Å². The number of aliphatic imine (C=N–C) groups is 1. The summed E-state index contributed by atoms with van der Waals surface area (Å²) >= 11 is 8.33. The van der Waals surface area contributed by atoms with Gasteiger partial charge in [-0.3, -0.25) is 9.89 Å². The lowest BCUT2D eigenvalue weighted by atomic mass is 10.1. The number of nitrogens with one attached hydrogen (secondary N) is 2. The van der Waals surface area contributed by atoms with E-state index in [-0.39, 0.29) is 0 Å². The molecule has 3 aliphatic heterocycles. The van der Waals surface area contributed by atoms with Gasteiger partial charge in [-0.1, -0.05) is 17.7 Å². The number of halogens is 1. The minimum absolute atomic E-state index is 0.369. The fourth-order valence-corrected chi connectivity index (χ4v) is 6.59. The summed E-state index contributed by atoms with van der Waals surface area (Å²) in [5.41, 5.74) is 3.28. The summed E-state index contributed by atoms with van der Waals surface area (Å²) in [5.74, 6) is 2.14. The van der Waals surface area contributed by atoms with Crippen molar-refractivity contribution in [2.24, 2.45) is 4.99 Å². The Morgan fingerprint density at radius 2 is 1.97 bits per heavy atom. The molecule has 2 saturated heterocycles. The minimum Gasteiger partial charge on any atom is -0.381 e. The second-order valence-electron chi connectivity index (χ2n) is 9.84. The summed E-state index contributed by atoms with van der Waals surface area (Å²) in [6.45, 7) is 6.95. The van der Waals surface area contributed by atoms with Crippen molar-refractivity contribution in [2.45, 2.75) is 31.3 Å². The zero-order valence-corrected chi connectivity index (χ0v) is 22.0. The molecule has 190 valence electrons. The van der Waals surface area contributed by atoms with E-state index >= 15 is 0 Å². The molecule has 7 nitrogen and oxygen atoms in total. The van der Waals surface area contributed by atoms with Crippen molar-refractivity contribution in [3.63, 3.8) is 0 Å². The molecule has 0 spiro atoms. The Morgan fingerprint density at radius 1 is 1.11 bits per heavy atom. The van der Waals surface area contributed by atoms with Crippen molar-refractivity contribution in [1.29, 1.82) is 0 Å². The van der Waals surface area contributed by atoms with Gasteiger partial charge in [0.25, 0.3) is 0 Å². The highest BCUT2D eigenvalue weighted by atomic mass is 35.5. The third kappa shape index (κ3) is 5.52. The zero-order valence-electron chi connectivity index (χ0n) is 20.5. The zero-order chi connectivity index (χ0) is 24.3. The van der Waals surface area contributed by atoms with E-state index in [2.05, 4.69) is 43.3 Å². The second-order valence-corrected chi connectivity index (χ2v) is 11.3. The van der Waals surface area contributed by atoms with Crippen LogP contribution in [0.4, 0.5) is 11.5 Å². The SMILES string of the molecule is Clc1cc(NC2CCOCC2)c2[nH]c(C3=N[C@@H](CCN4CCN(c5ccccn5)CC4)CS3)cc2c1. The normalized spacial score (nSPS) is 21.8. The van der Waals surface area contributed by atoms with E-state index in [1.54, 1.807) is 0 Å². The van der Waals surface area contributed by atoms with E-state index in [9.17, 15) is 0 Å². The van der Waals surface area contributed by atoms with E-state index in [0.717, 1.165) is 109 Å². The topological polar surface area (TPSA) is 68.8 Å². The highest BCUT2D eigenvalue weighted by Crippen LogP contribution is 2.33. The molecule has 0 saturated carbocycles. The molecule has 2 fully saturated rings. The van der Waals surface area contributed by atoms with Crippen LogP contribution in [0.25, 0.3) is 10.9 Å². The predicted octanol–water partition coefficient (Wildman–Crippen LogP) is 4.88. The summed E-state index contributed by atoms with van der Waals surface area (Å²) in [6, 6.07) is 13.2. The molecule has 9 heteroatoms. The number of rotatable bonds is 7. The number of anilines is 2. The van der Waals surface area contributed by atoms with E-state index < -0.39 is 0 Å². The number of pyridine rings is 1. The van der Waals surface area contributed by atoms with Gasteiger partial charge in [0.15, 0.2) is 0 Å². The van der Waals surface area contributed by atoms with Crippen molar-refractivity contribution in [2.75, 3.05) is 61.9 Å². The fraction of sp³-hybridized carbons (Fsp3) is 0.481. The number of aromatic amines is 1. The van der Waals surface area contributed by atoms with Crippen LogP contribution in [0.15, 0.2) is 47.6 Å². The first-order chi connectivity index (χ1) is 17.7. The molecule has 3 aromatic rings. The Balaban J connectivity index is 1.07. The van der Waals surface area contributed by atoms with Gasteiger partial charge in [-0.15, -0.1) is 11.8 Å². The molecule has 0 unspecified atom stereocenters. The van der Waals surface area contributed by atoms with Crippen molar-refractivity contribution in [3.05, 3.63) is 53.3 Å². The van der Waals surface area contributed by atoms with Crippen molar-refractivity contribution in [1.82, 2.24) is 14.9 Å². The van der Waals surface area contributed by atoms with Crippen molar-refractivity contribution in [3.8, 4) is 0 Å². The molecule has 36 heavy (non-hydrogen) atoms. The van der Waals surface area contributed by atoms with E-state index in [4.69, 9.17) is 21.3 Å². The van der Waals surface area contributed by atoms with E-state index in [0.29, 0.717) is 12.1 Å². The summed E-state index contributed by atoms with van der Waals surface area (Å²) in [5, 5.41) is 6.69. The number of H-pyrrole nitrogens is 1. The summed E-state index contributed by atoms with van der Waals surface area (Å²) < 4.78 is 5.51. The standard InChI is InChI=1S/C27H33ClN6OS/c28-20-15-19-16-24(32-26(19)23(17-20)30-21-5-13-35-14-6-21)27-31-22(18-36-27)4-8-33-9-11-34(12-10-33)25-3-1-2-7-29-25/h1-3,7,15-17,21-22,30,32H,4-6,8-14,18H2/t22-/m0/s1. The third-order valence-corrected chi connectivity index (χ3v) is 8.71. The highest BCUT2D eigenvalue weighted by Gasteiger charge is 2.24. The molecular weight excluding hydrogens is 492 g/mol. The number of piperazine rings is 1. The molecular formula is C27H33ClN6OS. The first kappa shape index (κ1) is 24.1. The van der Waals surface area contributed by atoms with Gasteiger partial charge in [0, 0.05) is 74.3 Å². The molecule has 3 aliphatic rings. The maximum atomic E-state index is 6.47. The Morgan fingerprint density at radius 3 is 2.78 bits per heavy atom. The lowest BCUT2D eigenvalue weighted by Gasteiger charge is -2.35. The molecule has 2 aromatic heterocycles. The van der Waals surface area contributed by atoms with Gasteiger partial charge >= 0.3 is 0 Å². The molecule has 0 amide bonds. The maximum absolute atomic E-state index is 6.47. The number of fused-ring (bicyclic) bond motifs is 1. The molecule has 0 bridgehead atoms. The number of hydrogen-bond acceptors (Lipinski definition) is 7. The quantitative estimate of drug-likeness (QED) is 0.459. The van der Waals surface area contributed by atoms with Crippen LogP contribution in [0.2, 0.25) is 5.02 Å². The van der Waals surface area contributed by atoms with Crippen molar-refractivity contribution < 1.29 is 4.74 Å². The Bertz CT molecular complexity index is 1200. The second kappa shape index (κ2) is 11.0. The largest absolute Gasteiger partial charge is 0.381 e. The summed E-state index contributed by atoms with van der Waals surface area (Å²) in [6.07, 6.45) is 5.01. The van der Waals surface area contributed by atoms with Gasteiger partial charge in [0.1, 0.15) is 10.9 Å². The Kier molecular flexibility index (Phi) is 7.37. The Labute approximate surface area is 221 Å². The van der Waals surface area contributed by atoms with Gasteiger partial charge in [0.2, 0.25) is 0 Å². The summed E-state index contributed by atoms with van der Waals surface area (Å²) in [7, 11) is 0. The number of nitrogens with zero attached hydrogens (tertiary/aromatic N) is 4. The number of aromatic nitrogens is 2. The summed E-state index contributed by atoms with van der Waals surface area (Å²) in [4.78, 5) is 18.2. The molecule has 5 heterocycles. The average molecular weight is 525 g/mol. The molecule has 1 aromatic carbocycles. The third-order valence-electron chi connectivity index (χ3n) is 7.34. The lowest BCUT2D eigenvalue weighted by Crippen LogP contribution is -2.47. The number of hydrogen-bond donors (Lipinski definition) is 2. The molecule has 2 N–H and O–H groups in total. The first-order valence-electron chi connectivity index (χ1n) is 13.0. The van der Waals surface area contributed by atoms with Crippen LogP contribution in [0, 0.1) is 0 Å². The lowest BCUT2D eigenvalue weighted by molar-refractivity contribution is 0.0905. The predicted molar refractivity (Wildman–Crippen MR) is 151 cm³/mol. The monoisotopic (exact) mass is 524 g/mol.